The van der Waals surface area contributed by atoms with E-state index in [2.05, 4.69) is 18.2 Å². The van der Waals surface area contributed by atoms with Crippen LogP contribution < -0.4 is 0 Å². The third-order valence-corrected chi connectivity index (χ3v) is 2.69. The van der Waals surface area contributed by atoms with Gasteiger partial charge < -0.3 is 4.74 Å². The molecule has 0 aliphatic carbocycles. The maximum absolute atomic E-state index is 11.3. The SMILES string of the molecule is CCOC(=O)C=Cc1cccc(-c2ccccc2)c1. The molecule has 2 nitrogen and oxygen atoms in total. The molecule has 0 radical (unpaired) electrons. The third-order valence-electron chi connectivity index (χ3n) is 2.69. The van der Waals surface area contributed by atoms with Gasteiger partial charge in [-0.2, -0.15) is 0 Å². The summed E-state index contributed by atoms with van der Waals surface area (Å²) in [6.07, 6.45) is 3.22. The summed E-state index contributed by atoms with van der Waals surface area (Å²) in [5.41, 5.74) is 3.27. The number of benzene rings is 2. The topological polar surface area (TPSA) is 26.3 Å². The Hall–Kier alpha value is -2.35. The molecule has 0 N–H and O–H groups in total. The van der Waals surface area contributed by atoms with Crippen LogP contribution in [0.25, 0.3) is 17.2 Å². The predicted octanol–water partition coefficient (Wildman–Crippen LogP) is 3.93. The fraction of sp³-hybridized carbons (Fsp3) is 0.118. The van der Waals surface area contributed by atoms with Gasteiger partial charge in [0.05, 0.1) is 6.61 Å². The molecule has 0 unspecified atom stereocenters. The minimum absolute atomic E-state index is 0.312. The summed E-state index contributed by atoms with van der Waals surface area (Å²) in [5, 5.41) is 0. The first-order valence-electron chi connectivity index (χ1n) is 6.30. The van der Waals surface area contributed by atoms with Crippen molar-refractivity contribution in [2.45, 2.75) is 6.92 Å². The smallest absolute Gasteiger partial charge is 0.330 e. The van der Waals surface area contributed by atoms with Gasteiger partial charge in [0.15, 0.2) is 0 Å². The van der Waals surface area contributed by atoms with Gasteiger partial charge in [-0.15, -0.1) is 0 Å². The van der Waals surface area contributed by atoms with E-state index in [-0.39, 0.29) is 5.97 Å². The van der Waals surface area contributed by atoms with Crippen LogP contribution in [0, 0.1) is 0 Å². The maximum atomic E-state index is 11.3. The Morgan fingerprint density at radius 3 is 2.53 bits per heavy atom. The van der Waals surface area contributed by atoms with E-state index in [0.717, 1.165) is 16.7 Å². The number of hydrogen-bond acceptors (Lipinski definition) is 2. The van der Waals surface area contributed by atoms with Crippen LogP contribution in [-0.4, -0.2) is 12.6 Å². The van der Waals surface area contributed by atoms with Gasteiger partial charge in [-0.3, -0.25) is 0 Å². The Kier molecular flexibility index (Phi) is 4.51. The van der Waals surface area contributed by atoms with E-state index in [4.69, 9.17) is 4.74 Å². The molecule has 0 spiro atoms. The van der Waals surface area contributed by atoms with Crippen molar-refractivity contribution in [1.29, 1.82) is 0 Å². The lowest BCUT2D eigenvalue weighted by Gasteiger charge is -2.02. The second kappa shape index (κ2) is 6.55. The van der Waals surface area contributed by atoms with E-state index in [9.17, 15) is 4.79 Å². The van der Waals surface area contributed by atoms with Crippen molar-refractivity contribution in [3.8, 4) is 11.1 Å². The van der Waals surface area contributed by atoms with Crippen molar-refractivity contribution < 1.29 is 9.53 Å². The molecular weight excluding hydrogens is 236 g/mol. The largest absolute Gasteiger partial charge is 0.463 e. The zero-order valence-electron chi connectivity index (χ0n) is 10.9. The molecule has 0 heterocycles. The van der Waals surface area contributed by atoms with Gasteiger partial charge in [0, 0.05) is 6.08 Å². The highest BCUT2D eigenvalue weighted by Crippen LogP contribution is 2.20. The molecule has 2 aromatic carbocycles. The van der Waals surface area contributed by atoms with Gasteiger partial charge in [-0.25, -0.2) is 4.79 Å². The van der Waals surface area contributed by atoms with E-state index in [1.54, 1.807) is 13.0 Å². The van der Waals surface area contributed by atoms with Crippen LogP contribution in [0.3, 0.4) is 0 Å². The van der Waals surface area contributed by atoms with Crippen molar-refractivity contribution in [2.75, 3.05) is 6.61 Å². The first kappa shape index (κ1) is 13.1. The molecule has 0 saturated heterocycles. The lowest BCUT2D eigenvalue weighted by Crippen LogP contribution is -1.98. The zero-order valence-corrected chi connectivity index (χ0v) is 10.9. The third kappa shape index (κ3) is 3.81. The van der Waals surface area contributed by atoms with Crippen LogP contribution in [0.2, 0.25) is 0 Å². The standard InChI is InChI=1S/C17H16O2/c1-2-19-17(18)12-11-14-7-6-10-16(13-14)15-8-4-3-5-9-15/h3-13H,2H2,1H3. The van der Waals surface area contributed by atoms with Crippen molar-refractivity contribution in [3.63, 3.8) is 0 Å². The number of hydrogen-bond donors (Lipinski definition) is 0. The monoisotopic (exact) mass is 252 g/mol. The maximum Gasteiger partial charge on any atom is 0.330 e. The van der Waals surface area contributed by atoms with Crippen molar-refractivity contribution in [3.05, 3.63) is 66.2 Å². The van der Waals surface area contributed by atoms with Gasteiger partial charge >= 0.3 is 5.97 Å². The van der Waals surface area contributed by atoms with Crippen LogP contribution in [0.1, 0.15) is 12.5 Å². The van der Waals surface area contributed by atoms with E-state index >= 15 is 0 Å². The number of ether oxygens (including phenoxy) is 1. The minimum Gasteiger partial charge on any atom is -0.463 e. The van der Waals surface area contributed by atoms with Crippen LogP contribution in [0.4, 0.5) is 0 Å². The molecule has 96 valence electrons. The predicted molar refractivity (Wildman–Crippen MR) is 77.5 cm³/mol. The van der Waals surface area contributed by atoms with Crippen LogP contribution in [-0.2, 0) is 9.53 Å². The number of carbonyl (C=O) groups excluding carboxylic acids is 1. The fourth-order valence-corrected chi connectivity index (χ4v) is 1.81. The van der Waals surface area contributed by atoms with Gasteiger partial charge in [0.1, 0.15) is 0 Å². The fourth-order valence-electron chi connectivity index (χ4n) is 1.81. The first-order valence-corrected chi connectivity index (χ1v) is 6.30. The lowest BCUT2D eigenvalue weighted by molar-refractivity contribution is -0.137. The van der Waals surface area contributed by atoms with E-state index in [1.807, 2.05) is 36.4 Å². The molecule has 0 saturated carbocycles. The Morgan fingerprint density at radius 2 is 1.79 bits per heavy atom. The lowest BCUT2D eigenvalue weighted by atomic mass is 10.0. The molecule has 0 bridgehead atoms. The molecule has 2 rings (SSSR count). The Balaban J connectivity index is 2.18. The second-order valence-corrected chi connectivity index (χ2v) is 4.08. The number of esters is 1. The highest BCUT2D eigenvalue weighted by molar-refractivity contribution is 5.87. The molecule has 0 aliphatic rings. The Morgan fingerprint density at radius 1 is 1.05 bits per heavy atom. The van der Waals surface area contributed by atoms with Crippen LogP contribution in [0.5, 0.6) is 0 Å². The van der Waals surface area contributed by atoms with Crippen molar-refractivity contribution >= 4 is 12.0 Å². The normalized spacial score (nSPS) is 10.6. The van der Waals surface area contributed by atoms with E-state index in [1.165, 1.54) is 6.08 Å². The first-order chi connectivity index (χ1) is 9.29. The number of rotatable bonds is 4. The van der Waals surface area contributed by atoms with Crippen LogP contribution >= 0.6 is 0 Å². The van der Waals surface area contributed by atoms with Crippen molar-refractivity contribution in [2.24, 2.45) is 0 Å². The Bertz CT molecular complexity index is 571. The molecular formula is C17H16O2. The van der Waals surface area contributed by atoms with Crippen LogP contribution in [0.15, 0.2) is 60.7 Å². The Labute approximate surface area is 113 Å². The summed E-state index contributed by atoms with van der Waals surface area (Å²) in [6.45, 7) is 2.19. The molecule has 0 aliphatic heterocycles. The second-order valence-electron chi connectivity index (χ2n) is 4.08. The average molecular weight is 252 g/mol. The molecule has 2 aromatic rings. The zero-order chi connectivity index (χ0) is 13.5. The van der Waals surface area contributed by atoms with Gasteiger partial charge in [-0.1, -0.05) is 48.5 Å². The summed E-state index contributed by atoms with van der Waals surface area (Å²) in [7, 11) is 0. The van der Waals surface area contributed by atoms with Gasteiger partial charge in [-0.05, 0) is 35.8 Å². The molecule has 0 fully saturated rings. The minimum atomic E-state index is -0.312. The molecule has 0 atom stereocenters. The highest BCUT2D eigenvalue weighted by Gasteiger charge is 1.98. The molecule has 0 amide bonds. The van der Waals surface area contributed by atoms with Crippen molar-refractivity contribution in [1.82, 2.24) is 0 Å². The molecule has 19 heavy (non-hydrogen) atoms. The van der Waals surface area contributed by atoms with E-state index < -0.39 is 0 Å². The summed E-state index contributed by atoms with van der Waals surface area (Å²) in [6, 6.07) is 18.2. The van der Waals surface area contributed by atoms with Gasteiger partial charge in [0.2, 0.25) is 0 Å². The highest BCUT2D eigenvalue weighted by atomic mass is 16.5. The summed E-state index contributed by atoms with van der Waals surface area (Å²) < 4.78 is 4.85. The summed E-state index contributed by atoms with van der Waals surface area (Å²) in [5.74, 6) is -0.312. The average Bonchev–Trinajstić information content (AvgIpc) is 2.47. The molecule has 2 heteroatoms. The quantitative estimate of drug-likeness (QED) is 0.608. The molecule has 0 aromatic heterocycles. The van der Waals surface area contributed by atoms with E-state index in [0.29, 0.717) is 6.61 Å². The van der Waals surface area contributed by atoms with Gasteiger partial charge in [0.25, 0.3) is 0 Å². The summed E-state index contributed by atoms with van der Waals surface area (Å²) >= 11 is 0. The summed E-state index contributed by atoms with van der Waals surface area (Å²) in [4.78, 5) is 11.3. The number of carbonyl (C=O) groups is 1.